The summed E-state index contributed by atoms with van der Waals surface area (Å²) in [5.74, 6) is -2.42. The molecule has 5 rings (SSSR count). The molecular formula is C25H23ClF3N5O3. The molecule has 0 saturated carbocycles. The lowest BCUT2D eigenvalue weighted by atomic mass is 10.1. The van der Waals surface area contributed by atoms with Crippen LogP contribution in [0.5, 0.6) is 0 Å². The molecule has 2 aliphatic heterocycles. The fourth-order valence-electron chi connectivity index (χ4n) is 4.91. The van der Waals surface area contributed by atoms with E-state index in [9.17, 15) is 27.9 Å². The van der Waals surface area contributed by atoms with Crippen LogP contribution in [0.25, 0.3) is 10.9 Å². The van der Waals surface area contributed by atoms with Gasteiger partial charge in [-0.15, -0.1) is 0 Å². The maximum atomic E-state index is 13.5. The summed E-state index contributed by atoms with van der Waals surface area (Å²) in [6.07, 6.45) is -4.03. The van der Waals surface area contributed by atoms with Crippen molar-refractivity contribution in [2.75, 3.05) is 44.2 Å². The Hall–Kier alpha value is -3.44. The summed E-state index contributed by atoms with van der Waals surface area (Å²) in [6, 6.07) is 10.7. The molecule has 1 atom stereocenters. The molecule has 2 aliphatic rings. The molecule has 8 nitrogen and oxygen atoms in total. The van der Waals surface area contributed by atoms with Crippen molar-refractivity contribution in [3.05, 3.63) is 64.4 Å². The second-order valence-electron chi connectivity index (χ2n) is 9.13. The lowest BCUT2D eigenvalue weighted by molar-refractivity contribution is -0.144. The van der Waals surface area contributed by atoms with Gasteiger partial charge in [-0.3, -0.25) is 9.69 Å². The Kier molecular flexibility index (Phi) is 6.67. The number of fused-ring (bicyclic) bond motifs is 1. The average molecular weight is 534 g/mol. The van der Waals surface area contributed by atoms with Crippen molar-refractivity contribution in [2.24, 2.45) is 0 Å². The third kappa shape index (κ3) is 5.19. The van der Waals surface area contributed by atoms with Crippen LogP contribution < -0.4 is 4.90 Å². The van der Waals surface area contributed by atoms with Gasteiger partial charge in [-0.2, -0.15) is 13.2 Å². The van der Waals surface area contributed by atoms with Crippen LogP contribution in [0.1, 0.15) is 33.0 Å². The number of carboxylic acids is 1. The Morgan fingerprint density at radius 3 is 2.27 bits per heavy atom. The first-order chi connectivity index (χ1) is 17.6. The summed E-state index contributed by atoms with van der Waals surface area (Å²) in [4.78, 5) is 37.5. The normalized spacial score (nSPS) is 19.0. The van der Waals surface area contributed by atoms with E-state index in [4.69, 9.17) is 11.6 Å². The molecule has 1 amide bonds. The van der Waals surface area contributed by atoms with Crippen LogP contribution in [-0.2, 0) is 6.18 Å². The molecule has 2 aromatic carbocycles. The first-order valence-corrected chi connectivity index (χ1v) is 12.1. The SMILES string of the molecule is O=C(O)c1ccc2nc(C(F)(F)F)nc(N3CC[C@H](N4CCN(C(=O)c5ccc(Cl)cc5)CC4)C3)c2c1. The van der Waals surface area contributed by atoms with Crippen LogP contribution in [0.15, 0.2) is 42.5 Å². The monoisotopic (exact) mass is 533 g/mol. The smallest absolute Gasteiger partial charge is 0.451 e. The third-order valence-corrected chi connectivity index (χ3v) is 7.10. The number of nitrogens with zero attached hydrogens (tertiary/aromatic N) is 5. The average Bonchev–Trinajstić information content (AvgIpc) is 3.37. The number of carbonyl (C=O) groups excluding carboxylic acids is 1. The maximum absolute atomic E-state index is 13.5. The van der Waals surface area contributed by atoms with E-state index in [-0.39, 0.29) is 34.2 Å². The van der Waals surface area contributed by atoms with Crippen molar-refractivity contribution >= 4 is 40.2 Å². The van der Waals surface area contributed by atoms with Gasteiger partial charge in [0.15, 0.2) is 0 Å². The van der Waals surface area contributed by atoms with Crippen molar-refractivity contribution in [3.8, 4) is 0 Å². The molecular weight excluding hydrogens is 511 g/mol. The first kappa shape index (κ1) is 25.2. The number of anilines is 1. The summed E-state index contributed by atoms with van der Waals surface area (Å²) < 4.78 is 40.6. The fraction of sp³-hybridized carbons (Fsp3) is 0.360. The Labute approximate surface area is 215 Å². The molecule has 3 aromatic rings. The van der Waals surface area contributed by atoms with Gasteiger partial charge in [0.05, 0.1) is 11.1 Å². The number of halogens is 4. The Morgan fingerprint density at radius 2 is 1.62 bits per heavy atom. The van der Waals surface area contributed by atoms with E-state index < -0.39 is 18.0 Å². The van der Waals surface area contributed by atoms with E-state index in [0.717, 1.165) is 0 Å². The Morgan fingerprint density at radius 1 is 0.946 bits per heavy atom. The summed E-state index contributed by atoms with van der Waals surface area (Å²) in [6.45, 7) is 3.25. The molecule has 0 radical (unpaired) electrons. The summed E-state index contributed by atoms with van der Waals surface area (Å²) >= 11 is 5.91. The number of aromatic carboxylic acids is 1. The zero-order valence-corrected chi connectivity index (χ0v) is 20.3. The predicted octanol–water partition coefficient (Wildman–Crippen LogP) is 4.04. The standard InChI is InChI=1S/C25H23ClF3N5O3/c26-17-4-1-15(2-5-17)22(35)33-11-9-32(10-12-33)18-7-8-34(14-18)21-19-13-16(23(36)37)3-6-20(19)30-24(31-21)25(27,28)29/h1-6,13,18H,7-12,14H2,(H,36,37)/t18-/m0/s1. The van der Waals surface area contributed by atoms with Gasteiger partial charge in [0.25, 0.3) is 5.91 Å². The summed E-state index contributed by atoms with van der Waals surface area (Å²) in [7, 11) is 0. The van der Waals surface area contributed by atoms with Crippen LogP contribution in [0.2, 0.25) is 5.02 Å². The van der Waals surface area contributed by atoms with Crippen LogP contribution in [0.4, 0.5) is 19.0 Å². The van der Waals surface area contributed by atoms with Gasteiger partial charge in [-0.05, 0) is 48.9 Å². The fourth-order valence-corrected chi connectivity index (χ4v) is 5.04. The van der Waals surface area contributed by atoms with Gasteiger partial charge in [0, 0.05) is 61.3 Å². The van der Waals surface area contributed by atoms with Gasteiger partial charge >= 0.3 is 12.1 Å². The number of carbonyl (C=O) groups is 2. The highest BCUT2D eigenvalue weighted by molar-refractivity contribution is 6.30. The van der Waals surface area contributed by atoms with Gasteiger partial charge < -0.3 is 14.9 Å². The van der Waals surface area contributed by atoms with E-state index >= 15 is 0 Å². The molecule has 1 aromatic heterocycles. The van der Waals surface area contributed by atoms with E-state index in [1.807, 2.05) is 0 Å². The molecule has 194 valence electrons. The van der Waals surface area contributed by atoms with Crippen molar-refractivity contribution in [3.63, 3.8) is 0 Å². The molecule has 0 aliphatic carbocycles. The molecule has 12 heteroatoms. The molecule has 0 spiro atoms. The van der Waals surface area contributed by atoms with E-state index in [1.54, 1.807) is 34.1 Å². The lowest BCUT2D eigenvalue weighted by Crippen LogP contribution is -2.52. The number of piperazine rings is 1. The highest BCUT2D eigenvalue weighted by Gasteiger charge is 2.38. The van der Waals surface area contributed by atoms with E-state index in [0.29, 0.717) is 56.3 Å². The predicted molar refractivity (Wildman–Crippen MR) is 131 cm³/mol. The molecule has 1 N–H and O–H groups in total. The number of alkyl halides is 3. The van der Waals surface area contributed by atoms with Crippen LogP contribution in [0, 0.1) is 0 Å². The third-order valence-electron chi connectivity index (χ3n) is 6.85. The van der Waals surface area contributed by atoms with Crippen molar-refractivity contribution in [1.29, 1.82) is 0 Å². The minimum atomic E-state index is -4.74. The van der Waals surface area contributed by atoms with Crippen LogP contribution in [0.3, 0.4) is 0 Å². The van der Waals surface area contributed by atoms with Gasteiger partial charge in [-0.25, -0.2) is 14.8 Å². The number of carboxylic acid groups (broad SMARTS) is 1. The number of rotatable bonds is 4. The first-order valence-electron chi connectivity index (χ1n) is 11.8. The van der Waals surface area contributed by atoms with Crippen molar-refractivity contribution in [2.45, 2.75) is 18.6 Å². The second kappa shape index (κ2) is 9.79. The van der Waals surface area contributed by atoms with Crippen molar-refractivity contribution < 1.29 is 27.9 Å². The summed E-state index contributed by atoms with van der Waals surface area (Å²) in [5, 5.41) is 10.2. The molecule has 2 saturated heterocycles. The van der Waals surface area contributed by atoms with Crippen molar-refractivity contribution in [1.82, 2.24) is 19.8 Å². The number of amides is 1. The van der Waals surface area contributed by atoms with Gasteiger partial charge in [-0.1, -0.05) is 11.6 Å². The van der Waals surface area contributed by atoms with Crippen LogP contribution in [-0.4, -0.2) is 82.1 Å². The number of hydrogen-bond acceptors (Lipinski definition) is 6. The molecule has 37 heavy (non-hydrogen) atoms. The molecule has 3 heterocycles. The van der Waals surface area contributed by atoms with Gasteiger partial charge in [0.1, 0.15) is 5.82 Å². The van der Waals surface area contributed by atoms with E-state index in [2.05, 4.69) is 14.9 Å². The van der Waals surface area contributed by atoms with Gasteiger partial charge in [0.2, 0.25) is 5.82 Å². The van der Waals surface area contributed by atoms with Crippen LogP contribution >= 0.6 is 11.6 Å². The summed E-state index contributed by atoms with van der Waals surface area (Å²) in [5.41, 5.74) is 0.566. The molecule has 2 fully saturated rings. The Balaban J connectivity index is 1.32. The quantitative estimate of drug-likeness (QED) is 0.541. The zero-order valence-electron chi connectivity index (χ0n) is 19.6. The zero-order chi connectivity index (χ0) is 26.3. The number of hydrogen-bond donors (Lipinski definition) is 1. The highest BCUT2D eigenvalue weighted by Crippen LogP contribution is 2.34. The second-order valence-corrected chi connectivity index (χ2v) is 9.57. The Bertz CT molecular complexity index is 1340. The lowest BCUT2D eigenvalue weighted by Gasteiger charge is -2.38. The minimum Gasteiger partial charge on any atom is -0.478 e. The highest BCUT2D eigenvalue weighted by atomic mass is 35.5. The number of aromatic nitrogens is 2. The molecule has 0 bridgehead atoms. The maximum Gasteiger partial charge on any atom is 0.451 e. The largest absolute Gasteiger partial charge is 0.478 e. The topological polar surface area (TPSA) is 89.9 Å². The number of benzene rings is 2. The minimum absolute atomic E-state index is 0.0418. The molecule has 0 unspecified atom stereocenters. The van der Waals surface area contributed by atoms with E-state index in [1.165, 1.54) is 18.2 Å².